The van der Waals surface area contributed by atoms with Gasteiger partial charge in [0, 0.05) is 6.42 Å². The first-order chi connectivity index (χ1) is 32.6. The lowest BCUT2D eigenvalue weighted by Gasteiger charge is -2.46. The Morgan fingerprint density at radius 2 is 0.925 bits per heavy atom. The molecule has 0 saturated carbocycles. The van der Waals surface area contributed by atoms with E-state index in [1.807, 2.05) is 6.08 Å². The van der Waals surface area contributed by atoms with Gasteiger partial charge in [0.2, 0.25) is 5.91 Å². The molecule has 2 rings (SSSR count). The minimum Gasteiger partial charge on any atom is -0.394 e. The van der Waals surface area contributed by atoms with Crippen molar-refractivity contribution in [2.45, 2.75) is 299 Å². The smallest absolute Gasteiger partial charge is 0.220 e. The Kier molecular flexibility index (Phi) is 37.2. The van der Waals surface area contributed by atoms with E-state index in [9.17, 15) is 45.6 Å². The zero-order chi connectivity index (χ0) is 48.9. The molecule has 14 nitrogen and oxygen atoms in total. The fourth-order valence-corrected chi connectivity index (χ4v) is 9.23. The lowest BCUT2D eigenvalue weighted by atomic mass is 9.97. The minimum atomic E-state index is -1.78. The monoisotopic (exact) mass is 960 g/mol. The highest BCUT2D eigenvalue weighted by molar-refractivity contribution is 5.76. The van der Waals surface area contributed by atoms with Gasteiger partial charge < -0.3 is 65.1 Å². The van der Waals surface area contributed by atoms with Crippen LogP contribution in [0.5, 0.6) is 0 Å². The van der Waals surface area contributed by atoms with Crippen LogP contribution in [0.25, 0.3) is 0 Å². The van der Waals surface area contributed by atoms with E-state index in [4.69, 9.17) is 18.9 Å². The molecule has 2 heterocycles. The summed E-state index contributed by atoms with van der Waals surface area (Å²) in [4.78, 5) is 13.2. The average Bonchev–Trinajstić information content (AvgIpc) is 3.32. The van der Waals surface area contributed by atoms with Gasteiger partial charge in [0.25, 0.3) is 0 Å². The Morgan fingerprint density at radius 1 is 0.522 bits per heavy atom. The van der Waals surface area contributed by atoms with Crippen molar-refractivity contribution in [2.24, 2.45) is 0 Å². The van der Waals surface area contributed by atoms with Gasteiger partial charge in [-0.25, -0.2) is 0 Å². The van der Waals surface area contributed by atoms with Gasteiger partial charge in [0.1, 0.15) is 48.8 Å². The first kappa shape index (κ1) is 61.8. The van der Waals surface area contributed by atoms with Gasteiger partial charge >= 0.3 is 0 Å². The number of rotatable bonds is 43. The molecule has 0 bridgehead atoms. The number of unbranched alkanes of at least 4 members (excludes halogenated alkanes) is 30. The molecular weight excluding hydrogens is 859 g/mol. The Balaban J connectivity index is 1.77. The molecule has 2 aliphatic heterocycles. The topological polar surface area (TPSA) is 228 Å². The van der Waals surface area contributed by atoms with Crippen molar-refractivity contribution in [1.29, 1.82) is 0 Å². The SMILES string of the molecule is CCCCCCCCCCCC/C=C/C(O)C(COC1OC(CO)C(OC2OC(CO)C(O)C(O)C2O)C(O)C1O)NC(=O)CCCCCCCCCCCCCCCCCCCCCCC. The number of carbonyl (C=O) groups is 1. The second kappa shape index (κ2) is 40.3. The first-order valence-corrected chi connectivity index (χ1v) is 27.4. The second-order valence-electron chi connectivity index (χ2n) is 19.7. The van der Waals surface area contributed by atoms with Crippen LogP contribution < -0.4 is 5.32 Å². The van der Waals surface area contributed by atoms with Crippen molar-refractivity contribution in [3.63, 3.8) is 0 Å². The van der Waals surface area contributed by atoms with Gasteiger partial charge in [0.05, 0.1) is 32.0 Å². The lowest BCUT2D eigenvalue weighted by Crippen LogP contribution is -2.65. The molecule has 0 radical (unpaired) electrons. The number of carbonyl (C=O) groups excluding carboxylic acids is 1. The van der Waals surface area contributed by atoms with Crippen molar-refractivity contribution < 1.29 is 64.6 Å². The summed E-state index contributed by atoms with van der Waals surface area (Å²) in [5.41, 5.74) is 0. The summed E-state index contributed by atoms with van der Waals surface area (Å²) in [6, 6.07) is -0.907. The van der Waals surface area contributed by atoms with E-state index in [0.717, 1.165) is 38.5 Å². The van der Waals surface area contributed by atoms with Gasteiger partial charge in [-0.05, 0) is 19.3 Å². The molecule has 2 saturated heterocycles. The molecule has 0 aromatic carbocycles. The molecule has 0 aliphatic carbocycles. The Bertz CT molecular complexity index is 1180. The molecule has 9 N–H and O–H groups in total. The van der Waals surface area contributed by atoms with Crippen LogP contribution in [0.15, 0.2) is 12.2 Å². The maximum Gasteiger partial charge on any atom is 0.220 e. The Morgan fingerprint density at radius 3 is 1.37 bits per heavy atom. The summed E-state index contributed by atoms with van der Waals surface area (Å²) in [7, 11) is 0. The maximum absolute atomic E-state index is 13.2. The molecule has 12 atom stereocenters. The Hall–Kier alpha value is -1.27. The van der Waals surface area contributed by atoms with E-state index >= 15 is 0 Å². The summed E-state index contributed by atoms with van der Waals surface area (Å²) in [5.74, 6) is -0.236. The van der Waals surface area contributed by atoms with Gasteiger partial charge in [0.15, 0.2) is 12.6 Å². The highest BCUT2D eigenvalue weighted by atomic mass is 16.7. The van der Waals surface area contributed by atoms with E-state index < -0.39 is 86.8 Å². The van der Waals surface area contributed by atoms with Crippen molar-refractivity contribution >= 4 is 5.91 Å². The molecule has 0 aromatic rings. The third-order valence-electron chi connectivity index (χ3n) is 13.7. The van der Waals surface area contributed by atoms with E-state index in [-0.39, 0.29) is 18.9 Å². The number of aliphatic hydroxyl groups excluding tert-OH is 8. The number of hydrogen-bond acceptors (Lipinski definition) is 13. The number of nitrogens with one attached hydrogen (secondary N) is 1. The van der Waals surface area contributed by atoms with E-state index in [2.05, 4.69) is 19.2 Å². The molecule has 2 fully saturated rings. The van der Waals surface area contributed by atoms with Crippen LogP contribution in [-0.2, 0) is 23.7 Å². The van der Waals surface area contributed by atoms with Crippen LogP contribution in [0.3, 0.4) is 0 Å². The number of aliphatic hydroxyl groups is 8. The number of allylic oxidation sites excluding steroid dienone is 1. The van der Waals surface area contributed by atoms with Gasteiger partial charge in [-0.15, -0.1) is 0 Å². The largest absolute Gasteiger partial charge is 0.394 e. The summed E-state index contributed by atoms with van der Waals surface area (Å²) >= 11 is 0. The van der Waals surface area contributed by atoms with Crippen LogP contribution >= 0.6 is 0 Å². The van der Waals surface area contributed by atoms with Gasteiger partial charge in [-0.3, -0.25) is 4.79 Å². The second-order valence-corrected chi connectivity index (χ2v) is 19.7. The maximum atomic E-state index is 13.2. The van der Waals surface area contributed by atoms with Gasteiger partial charge in [-0.2, -0.15) is 0 Å². The van der Waals surface area contributed by atoms with E-state index in [1.165, 1.54) is 161 Å². The lowest BCUT2D eigenvalue weighted by molar-refractivity contribution is -0.359. The van der Waals surface area contributed by atoms with Crippen molar-refractivity contribution in [3.05, 3.63) is 12.2 Å². The van der Waals surface area contributed by atoms with Crippen LogP contribution in [-0.4, -0.2) is 140 Å². The summed E-state index contributed by atoms with van der Waals surface area (Å²) < 4.78 is 22.7. The zero-order valence-electron chi connectivity index (χ0n) is 42.2. The molecule has 0 aromatic heterocycles. The molecule has 14 heteroatoms. The molecule has 396 valence electrons. The van der Waals surface area contributed by atoms with Gasteiger partial charge in [-0.1, -0.05) is 212 Å². The third kappa shape index (κ3) is 27.2. The molecule has 12 unspecified atom stereocenters. The standard InChI is InChI=1S/C53H101NO13/c1-3-5-7-9-11-13-15-17-18-19-20-21-22-23-24-25-27-29-31-33-35-37-45(58)54-41(42(57)36-34-32-30-28-26-16-14-12-10-8-6-4-2)40-64-52-50(63)48(61)51(44(39-56)66-52)67-53-49(62)47(60)46(59)43(38-55)65-53/h34,36,41-44,46-53,55-57,59-63H,3-33,35,37-40H2,1-2H3,(H,54,58)/b36-34+. The third-order valence-corrected chi connectivity index (χ3v) is 13.7. The zero-order valence-corrected chi connectivity index (χ0v) is 42.2. The fourth-order valence-electron chi connectivity index (χ4n) is 9.23. The van der Waals surface area contributed by atoms with Crippen molar-refractivity contribution in [3.8, 4) is 0 Å². The highest BCUT2D eigenvalue weighted by Gasteiger charge is 2.51. The van der Waals surface area contributed by atoms with Crippen molar-refractivity contribution in [1.82, 2.24) is 5.32 Å². The van der Waals surface area contributed by atoms with E-state index in [1.54, 1.807) is 6.08 Å². The summed E-state index contributed by atoms with van der Waals surface area (Å²) in [6.07, 6.45) is 26.8. The average molecular weight is 960 g/mol. The van der Waals surface area contributed by atoms with Crippen LogP contribution in [0.1, 0.15) is 226 Å². The number of amides is 1. The Labute approximate surface area is 406 Å². The first-order valence-electron chi connectivity index (χ1n) is 27.4. The normalized spacial score (nSPS) is 26.6. The molecular formula is C53H101NO13. The summed E-state index contributed by atoms with van der Waals surface area (Å²) in [5, 5.41) is 86.8. The summed E-state index contributed by atoms with van der Waals surface area (Å²) in [6.45, 7) is 2.80. The highest BCUT2D eigenvalue weighted by Crippen LogP contribution is 2.30. The fraction of sp³-hybridized carbons (Fsp3) is 0.943. The number of ether oxygens (including phenoxy) is 4. The minimum absolute atomic E-state index is 0.236. The molecule has 0 spiro atoms. The van der Waals surface area contributed by atoms with Crippen LogP contribution in [0, 0.1) is 0 Å². The van der Waals surface area contributed by atoms with Crippen LogP contribution in [0.4, 0.5) is 0 Å². The number of hydrogen-bond donors (Lipinski definition) is 9. The van der Waals surface area contributed by atoms with Crippen molar-refractivity contribution in [2.75, 3.05) is 19.8 Å². The molecule has 2 aliphatic rings. The predicted octanol–water partition coefficient (Wildman–Crippen LogP) is 7.94. The quantitative estimate of drug-likeness (QED) is 0.0209. The molecule has 67 heavy (non-hydrogen) atoms. The van der Waals surface area contributed by atoms with E-state index in [0.29, 0.717) is 6.42 Å². The predicted molar refractivity (Wildman–Crippen MR) is 263 cm³/mol. The van der Waals surface area contributed by atoms with Crippen LogP contribution in [0.2, 0.25) is 0 Å². The molecule has 1 amide bonds.